The summed E-state index contributed by atoms with van der Waals surface area (Å²) < 4.78 is 20.4. The molecule has 6 heteroatoms. The maximum Gasteiger partial charge on any atom is 0.331 e. The van der Waals surface area contributed by atoms with E-state index in [1.165, 1.54) is 29.8 Å². The van der Waals surface area contributed by atoms with E-state index in [1.54, 1.807) is 0 Å². The molecule has 0 saturated carbocycles. The summed E-state index contributed by atoms with van der Waals surface area (Å²) in [7, 11) is 2.06. The number of carbonyl (C=O) groups is 1. The number of fused-ring (bicyclic) bond motifs is 3. The van der Waals surface area contributed by atoms with Crippen LogP contribution in [0.1, 0.15) is 11.3 Å². The zero-order chi connectivity index (χ0) is 18.3. The molecule has 2 aromatic carbocycles. The first-order chi connectivity index (χ1) is 12.5. The van der Waals surface area contributed by atoms with Crippen molar-refractivity contribution >= 4 is 28.5 Å². The average Bonchev–Trinajstić information content (AvgIpc) is 2.89. The molecule has 0 saturated heterocycles. The molecule has 4 rings (SSSR count). The van der Waals surface area contributed by atoms with Crippen LogP contribution in [0.25, 0.3) is 10.9 Å². The molecule has 1 aliphatic rings. The minimum atomic E-state index is -0.389. The minimum Gasteiger partial charge on any atom is -0.425 e. The Labute approximate surface area is 155 Å². The van der Waals surface area contributed by atoms with Crippen molar-refractivity contribution in [3.05, 3.63) is 64.6 Å². The number of halogens is 2. The van der Waals surface area contributed by atoms with Crippen LogP contribution in [0.4, 0.5) is 4.39 Å². The maximum atomic E-state index is 13.0. The molecule has 3 aromatic rings. The van der Waals surface area contributed by atoms with Gasteiger partial charge >= 0.3 is 5.97 Å². The number of rotatable bonds is 3. The Kier molecular flexibility index (Phi) is 4.42. The molecule has 134 valence electrons. The highest BCUT2D eigenvalue weighted by Gasteiger charge is 2.24. The van der Waals surface area contributed by atoms with Gasteiger partial charge in [-0.2, -0.15) is 0 Å². The lowest BCUT2D eigenvalue weighted by atomic mass is 10.0. The van der Waals surface area contributed by atoms with Crippen molar-refractivity contribution in [1.29, 1.82) is 0 Å². The van der Waals surface area contributed by atoms with Crippen molar-refractivity contribution in [3.8, 4) is 5.75 Å². The Balaban J connectivity index is 1.68. The highest BCUT2D eigenvalue weighted by atomic mass is 35.5. The highest BCUT2D eigenvalue weighted by molar-refractivity contribution is 6.31. The Morgan fingerprint density at radius 2 is 2.00 bits per heavy atom. The van der Waals surface area contributed by atoms with E-state index >= 15 is 0 Å². The number of aromatic nitrogens is 1. The van der Waals surface area contributed by atoms with Crippen LogP contribution in [-0.2, 0) is 24.3 Å². The van der Waals surface area contributed by atoms with Crippen LogP contribution in [0, 0.1) is 5.82 Å². The SMILES string of the molecule is CN1CCc2c(n(CC(=O)Oc3ccc(F)cc3)c3ccc(Cl)cc23)C1. The van der Waals surface area contributed by atoms with E-state index in [4.69, 9.17) is 16.3 Å². The summed E-state index contributed by atoms with van der Waals surface area (Å²) >= 11 is 6.18. The van der Waals surface area contributed by atoms with E-state index in [-0.39, 0.29) is 18.3 Å². The standard InChI is InChI=1S/C20H18ClFN2O2/c1-23-9-8-16-17-10-13(21)2-7-18(17)24(19(16)11-23)12-20(25)26-15-5-3-14(22)4-6-15/h2-7,10H,8-9,11-12H2,1H3. The smallest absolute Gasteiger partial charge is 0.331 e. The first-order valence-electron chi connectivity index (χ1n) is 8.45. The molecule has 0 bridgehead atoms. The Morgan fingerprint density at radius 3 is 2.77 bits per heavy atom. The van der Waals surface area contributed by atoms with Gasteiger partial charge in [-0.05, 0) is 61.5 Å². The summed E-state index contributed by atoms with van der Waals surface area (Å²) in [6.07, 6.45) is 0.919. The second kappa shape index (κ2) is 6.74. The number of carbonyl (C=O) groups excluding carboxylic acids is 1. The number of likely N-dealkylation sites (N-methyl/N-ethyl adjacent to an activating group) is 1. The predicted octanol–water partition coefficient (Wildman–Crippen LogP) is 4.03. The van der Waals surface area contributed by atoms with Gasteiger partial charge in [0.25, 0.3) is 0 Å². The molecular formula is C20H18ClFN2O2. The van der Waals surface area contributed by atoms with Crippen molar-refractivity contribution in [2.24, 2.45) is 0 Å². The van der Waals surface area contributed by atoms with E-state index in [0.29, 0.717) is 10.8 Å². The largest absolute Gasteiger partial charge is 0.425 e. The van der Waals surface area contributed by atoms with Crippen LogP contribution in [0.15, 0.2) is 42.5 Å². The van der Waals surface area contributed by atoms with Gasteiger partial charge in [-0.25, -0.2) is 9.18 Å². The lowest BCUT2D eigenvalue weighted by Crippen LogP contribution is -2.29. The summed E-state index contributed by atoms with van der Waals surface area (Å²) in [5, 5.41) is 1.78. The van der Waals surface area contributed by atoms with E-state index in [9.17, 15) is 9.18 Å². The van der Waals surface area contributed by atoms with Gasteiger partial charge in [0.1, 0.15) is 18.1 Å². The number of esters is 1. The fourth-order valence-electron chi connectivity index (χ4n) is 3.52. The molecule has 0 fully saturated rings. The first-order valence-corrected chi connectivity index (χ1v) is 8.83. The topological polar surface area (TPSA) is 34.5 Å². The molecular weight excluding hydrogens is 355 g/mol. The van der Waals surface area contributed by atoms with Crippen LogP contribution < -0.4 is 4.74 Å². The molecule has 4 nitrogen and oxygen atoms in total. The predicted molar refractivity (Wildman–Crippen MR) is 99.0 cm³/mol. The summed E-state index contributed by atoms with van der Waals surface area (Å²) in [6.45, 7) is 1.84. The van der Waals surface area contributed by atoms with Crippen LogP contribution in [0.5, 0.6) is 5.75 Å². The van der Waals surface area contributed by atoms with Gasteiger partial charge in [-0.3, -0.25) is 0 Å². The zero-order valence-corrected chi connectivity index (χ0v) is 15.1. The Hall–Kier alpha value is -2.37. The summed E-state index contributed by atoms with van der Waals surface area (Å²) in [4.78, 5) is 14.7. The number of hydrogen-bond donors (Lipinski definition) is 0. The molecule has 1 aliphatic heterocycles. The van der Waals surface area contributed by atoms with Crippen LogP contribution in [-0.4, -0.2) is 29.0 Å². The highest BCUT2D eigenvalue weighted by Crippen LogP contribution is 2.32. The summed E-state index contributed by atoms with van der Waals surface area (Å²) in [5.41, 5.74) is 3.34. The molecule has 0 amide bonds. The molecule has 0 aliphatic carbocycles. The third-order valence-corrected chi connectivity index (χ3v) is 4.98. The van der Waals surface area contributed by atoms with E-state index < -0.39 is 0 Å². The normalized spacial score (nSPS) is 14.4. The molecule has 2 heterocycles. The van der Waals surface area contributed by atoms with Crippen LogP contribution in [0.2, 0.25) is 5.02 Å². The lowest BCUT2D eigenvalue weighted by Gasteiger charge is -2.24. The van der Waals surface area contributed by atoms with Crippen molar-refractivity contribution in [1.82, 2.24) is 9.47 Å². The fraction of sp³-hybridized carbons (Fsp3) is 0.250. The summed E-state index contributed by atoms with van der Waals surface area (Å²) in [5.74, 6) is -0.420. The monoisotopic (exact) mass is 372 g/mol. The second-order valence-corrected chi connectivity index (χ2v) is 7.03. The van der Waals surface area contributed by atoms with E-state index in [1.807, 2.05) is 22.8 Å². The van der Waals surface area contributed by atoms with Gasteiger partial charge in [0.05, 0.1) is 0 Å². The van der Waals surface area contributed by atoms with Gasteiger partial charge < -0.3 is 14.2 Å². The fourth-order valence-corrected chi connectivity index (χ4v) is 3.69. The number of ether oxygens (including phenoxy) is 1. The van der Waals surface area contributed by atoms with Gasteiger partial charge in [-0.1, -0.05) is 11.6 Å². The average molecular weight is 373 g/mol. The van der Waals surface area contributed by atoms with Gasteiger partial charge in [0.2, 0.25) is 0 Å². The van der Waals surface area contributed by atoms with Crippen molar-refractivity contribution in [2.75, 3.05) is 13.6 Å². The molecule has 0 radical (unpaired) electrons. The van der Waals surface area contributed by atoms with Crippen molar-refractivity contribution in [3.63, 3.8) is 0 Å². The van der Waals surface area contributed by atoms with Crippen molar-refractivity contribution in [2.45, 2.75) is 19.5 Å². The Morgan fingerprint density at radius 1 is 1.23 bits per heavy atom. The first kappa shape index (κ1) is 17.1. The number of hydrogen-bond acceptors (Lipinski definition) is 3. The van der Waals surface area contributed by atoms with E-state index in [0.717, 1.165) is 36.1 Å². The van der Waals surface area contributed by atoms with Gasteiger partial charge in [0, 0.05) is 34.7 Å². The van der Waals surface area contributed by atoms with Gasteiger partial charge in [-0.15, -0.1) is 0 Å². The maximum absolute atomic E-state index is 13.0. The quantitative estimate of drug-likeness (QED) is 0.514. The third-order valence-electron chi connectivity index (χ3n) is 4.74. The minimum absolute atomic E-state index is 0.0959. The second-order valence-electron chi connectivity index (χ2n) is 6.59. The third kappa shape index (κ3) is 3.20. The molecule has 26 heavy (non-hydrogen) atoms. The lowest BCUT2D eigenvalue weighted by molar-refractivity contribution is -0.135. The zero-order valence-electron chi connectivity index (χ0n) is 14.3. The number of nitrogens with zero attached hydrogens (tertiary/aromatic N) is 2. The van der Waals surface area contributed by atoms with Crippen LogP contribution >= 0.6 is 11.6 Å². The van der Waals surface area contributed by atoms with Crippen molar-refractivity contribution < 1.29 is 13.9 Å². The Bertz CT molecular complexity index is 982. The number of benzene rings is 2. The van der Waals surface area contributed by atoms with E-state index in [2.05, 4.69) is 11.9 Å². The van der Waals surface area contributed by atoms with Crippen LogP contribution in [0.3, 0.4) is 0 Å². The molecule has 0 spiro atoms. The molecule has 0 N–H and O–H groups in total. The van der Waals surface area contributed by atoms with Gasteiger partial charge in [0.15, 0.2) is 0 Å². The molecule has 0 atom stereocenters. The summed E-state index contributed by atoms with van der Waals surface area (Å²) in [6, 6.07) is 11.2. The molecule has 1 aromatic heterocycles. The molecule has 0 unspecified atom stereocenters.